The van der Waals surface area contributed by atoms with Crippen LogP contribution in [0.2, 0.25) is 0 Å². The molecule has 2 heterocycles. The number of nitrogens with zero attached hydrogens (tertiary/aromatic N) is 3. The lowest BCUT2D eigenvalue weighted by Crippen LogP contribution is -2.40. The molecule has 0 aliphatic carbocycles. The molecular weight excluding hydrogens is 482 g/mol. The number of thiazole rings is 1. The average Bonchev–Trinajstić information content (AvgIpc) is 3.25. The Labute approximate surface area is 215 Å². The van der Waals surface area contributed by atoms with Crippen molar-refractivity contribution in [3.05, 3.63) is 77.9 Å². The molecule has 6 nitrogen and oxygen atoms in total. The second kappa shape index (κ2) is 10.6. The summed E-state index contributed by atoms with van der Waals surface area (Å²) in [6.45, 7) is 3.82. The first-order chi connectivity index (χ1) is 16.5. The van der Waals surface area contributed by atoms with Crippen LogP contribution in [-0.4, -0.2) is 49.6 Å². The number of carbonyl (C=O) groups is 1. The van der Waals surface area contributed by atoms with Gasteiger partial charge in [0.15, 0.2) is 5.13 Å². The van der Waals surface area contributed by atoms with E-state index in [0.717, 1.165) is 45.1 Å². The molecule has 35 heavy (non-hydrogen) atoms. The van der Waals surface area contributed by atoms with E-state index in [2.05, 4.69) is 4.90 Å². The summed E-state index contributed by atoms with van der Waals surface area (Å²) in [7, 11) is 4.02. The molecule has 0 spiro atoms. The highest BCUT2D eigenvalue weighted by atomic mass is 35.5. The van der Waals surface area contributed by atoms with Gasteiger partial charge >= 0.3 is 0 Å². The lowest BCUT2D eigenvalue weighted by molar-refractivity contribution is -0.119. The summed E-state index contributed by atoms with van der Waals surface area (Å²) in [6.07, 6.45) is 0. The van der Waals surface area contributed by atoms with Crippen LogP contribution in [0.25, 0.3) is 10.2 Å². The quantitative estimate of drug-likeness (QED) is 0.308. The first-order valence-electron chi connectivity index (χ1n) is 11.4. The minimum absolute atomic E-state index is 0. The summed E-state index contributed by atoms with van der Waals surface area (Å²) in [4.78, 5) is 23.0. The molecule has 4 aromatic rings. The van der Waals surface area contributed by atoms with Gasteiger partial charge in [0.25, 0.3) is 0 Å². The van der Waals surface area contributed by atoms with E-state index in [1.165, 1.54) is 11.3 Å². The number of rotatable bonds is 7. The fourth-order valence-corrected chi connectivity index (χ4v) is 5.22. The molecule has 1 aliphatic rings. The highest BCUT2D eigenvalue weighted by Gasteiger charge is 2.36. The zero-order chi connectivity index (χ0) is 23.7. The second-order valence-corrected chi connectivity index (χ2v) is 9.47. The van der Waals surface area contributed by atoms with Crippen LogP contribution in [-0.2, 0) is 4.79 Å². The molecule has 8 heteroatoms. The molecule has 0 saturated carbocycles. The molecule has 0 fully saturated rings. The van der Waals surface area contributed by atoms with Crippen molar-refractivity contribution >= 4 is 45.0 Å². The molecule has 5 rings (SSSR count). The van der Waals surface area contributed by atoms with Crippen molar-refractivity contribution in [2.45, 2.75) is 12.8 Å². The van der Waals surface area contributed by atoms with E-state index in [0.29, 0.717) is 18.3 Å². The van der Waals surface area contributed by atoms with Gasteiger partial charge in [-0.25, -0.2) is 4.98 Å². The van der Waals surface area contributed by atoms with Crippen molar-refractivity contribution in [3.8, 4) is 17.2 Å². The van der Waals surface area contributed by atoms with E-state index >= 15 is 0 Å². The third kappa shape index (κ3) is 4.98. The van der Waals surface area contributed by atoms with Gasteiger partial charge in [0.2, 0.25) is 5.91 Å². The van der Waals surface area contributed by atoms with E-state index in [4.69, 9.17) is 14.5 Å². The molecule has 0 atom stereocenters. The lowest BCUT2D eigenvalue weighted by Gasteiger charge is -2.31. The van der Waals surface area contributed by atoms with Gasteiger partial charge in [-0.05, 0) is 51.4 Å². The minimum atomic E-state index is -0.464. The molecule has 0 unspecified atom stereocenters. The van der Waals surface area contributed by atoms with E-state index < -0.39 is 5.92 Å². The maximum atomic E-state index is 14.3. The van der Waals surface area contributed by atoms with Crippen LogP contribution in [0.4, 0.5) is 5.13 Å². The summed E-state index contributed by atoms with van der Waals surface area (Å²) < 4.78 is 12.8. The number of hydrogen-bond acceptors (Lipinski definition) is 6. The Morgan fingerprint density at radius 3 is 2.29 bits per heavy atom. The van der Waals surface area contributed by atoms with E-state index in [9.17, 15) is 4.79 Å². The summed E-state index contributed by atoms with van der Waals surface area (Å²) in [5.74, 6) is 1.78. The third-order valence-corrected chi connectivity index (χ3v) is 6.90. The normalized spacial score (nSPS) is 12.5. The Bertz CT molecular complexity index is 1290. The van der Waals surface area contributed by atoms with Crippen LogP contribution in [0.15, 0.2) is 66.7 Å². The summed E-state index contributed by atoms with van der Waals surface area (Å²) >= 11 is 1.52. The van der Waals surface area contributed by atoms with Gasteiger partial charge in [-0.2, -0.15) is 0 Å². The van der Waals surface area contributed by atoms with Crippen LogP contribution in [0.3, 0.4) is 0 Å². The average molecular weight is 510 g/mol. The number of hydrogen-bond donors (Lipinski definition) is 0. The molecule has 0 bridgehead atoms. The number of fused-ring (bicyclic) bond motifs is 3. The van der Waals surface area contributed by atoms with Crippen molar-refractivity contribution in [1.82, 2.24) is 9.88 Å². The largest absolute Gasteiger partial charge is 0.494 e. The van der Waals surface area contributed by atoms with Gasteiger partial charge in [0.1, 0.15) is 17.2 Å². The van der Waals surface area contributed by atoms with Crippen LogP contribution in [0.5, 0.6) is 17.2 Å². The van der Waals surface area contributed by atoms with Gasteiger partial charge in [-0.1, -0.05) is 47.7 Å². The smallest absolute Gasteiger partial charge is 0.241 e. The number of anilines is 1. The number of likely N-dealkylation sites (N-methyl/N-ethyl adjacent to an activating group) is 1. The van der Waals surface area contributed by atoms with Crippen LogP contribution in [0.1, 0.15) is 24.0 Å². The Kier molecular flexibility index (Phi) is 7.60. The number of aromatic nitrogens is 1. The predicted molar refractivity (Wildman–Crippen MR) is 144 cm³/mol. The number of benzene rings is 3. The zero-order valence-electron chi connectivity index (χ0n) is 19.9. The highest BCUT2D eigenvalue weighted by molar-refractivity contribution is 7.22. The molecule has 3 aromatic carbocycles. The van der Waals surface area contributed by atoms with E-state index in [-0.39, 0.29) is 18.3 Å². The number of carbonyl (C=O) groups excluding carboxylic acids is 1. The van der Waals surface area contributed by atoms with Crippen molar-refractivity contribution in [3.63, 3.8) is 0 Å². The summed E-state index contributed by atoms with van der Waals surface area (Å²) in [5.41, 5.74) is 2.61. The van der Waals surface area contributed by atoms with Crippen molar-refractivity contribution in [1.29, 1.82) is 0 Å². The molecule has 182 valence electrons. The van der Waals surface area contributed by atoms with Crippen LogP contribution >= 0.6 is 23.7 Å². The Balaban J connectivity index is 0.00000289. The van der Waals surface area contributed by atoms with Crippen molar-refractivity contribution in [2.75, 3.05) is 38.7 Å². The zero-order valence-corrected chi connectivity index (χ0v) is 21.6. The van der Waals surface area contributed by atoms with Gasteiger partial charge in [0, 0.05) is 24.2 Å². The number of halogens is 1. The lowest BCUT2D eigenvalue weighted by atomic mass is 9.87. The minimum Gasteiger partial charge on any atom is -0.494 e. The van der Waals surface area contributed by atoms with Crippen LogP contribution in [0, 0.1) is 0 Å². The van der Waals surface area contributed by atoms with Gasteiger partial charge in [-0.15, -0.1) is 12.4 Å². The van der Waals surface area contributed by atoms with Gasteiger partial charge in [0.05, 0.1) is 22.7 Å². The third-order valence-electron chi connectivity index (χ3n) is 5.85. The van der Waals surface area contributed by atoms with Crippen molar-refractivity contribution in [2.24, 2.45) is 0 Å². The van der Waals surface area contributed by atoms with Crippen molar-refractivity contribution < 1.29 is 14.3 Å². The Morgan fingerprint density at radius 1 is 1.00 bits per heavy atom. The summed E-state index contributed by atoms with van der Waals surface area (Å²) in [6, 6.07) is 21.4. The molecule has 1 aromatic heterocycles. The first kappa shape index (κ1) is 25.0. The van der Waals surface area contributed by atoms with Gasteiger partial charge in [-0.3, -0.25) is 9.69 Å². The molecule has 0 saturated heterocycles. The fourth-order valence-electron chi connectivity index (χ4n) is 4.20. The SMILES string of the molecule is CCOc1ccc2nc(N(CCN(C)C)C(=O)C3c4ccccc4Oc4ccccc43)sc2c1.Cl. The molecule has 1 amide bonds. The standard InChI is InChI=1S/C27H27N3O3S.ClH/c1-4-32-18-13-14-21-24(17-18)34-27(28-21)30(16-15-29(2)3)26(31)25-19-9-5-7-11-22(19)33-23-12-8-6-10-20(23)25;/h5-14,17,25H,4,15-16H2,1-3H3;1H. The molecule has 0 radical (unpaired) electrons. The maximum Gasteiger partial charge on any atom is 0.241 e. The molecule has 1 aliphatic heterocycles. The maximum absolute atomic E-state index is 14.3. The fraction of sp³-hybridized carbons (Fsp3) is 0.259. The predicted octanol–water partition coefficient (Wildman–Crippen LogP) is 5.95. The topological polar surface area (TPSA) is 54.9 Å². The first-order valence-corrected chi connectivity index (χ1v) is 12.2. The Morgan fingerprint density at radius 2 is 1.66 bits per heavy atom. The Hall–Kier alpha value is -3.13. The molecule has 0 N–H and O–H groups in total. The van der Waals surface area contributed by atoms with Crippen LogP contribution < -0.4 is 14.4 Å². The number of ether oxygens (including phenoxy) is 2. The number of para-hydroxylation sites is 2. The second-order valence-electron chi connectivity index (χ2n) is 8.46. The molecular formula is C27H28ClN3O3S. The van der Waals surface area contributed by atoms with E-state index in [1.807, 2.05) is 92.6 Å². The van der Waals surface area contributed by atoms with E-state index in [1.54, 1.807) is 0 Å². The highest BCUT2D eigenvalue weighted by Crippen LogP contribution is 2.45. The monoisotopic (exact) mass is 509 g/mol. The summed E-state index contributed by atoms with van der Waals surface area (Å²) in [5, 5.41) is 0.692. The number of amides is 1. The van der Waals surface area contributed by atoms with Gasteiger partial charge < -0.3 is 14.4 Å².